The fourth-order valence-electron chi connectivity index (χ4n) is 3.87. The van der Waals surface area contributed by atoms with E-state index in [4.69, 9.17) is 0 Å². The molecule has 0 saturated carbocycles. The summed E-state index contributed by atoms with van der Waals surface area (Å²) in [5.41, 5.74) is 2.60. The summed E-state index contributed by atoms with van der Waals surface area (Å²) in [6.07, 6.45) is 0. The summed E-state index contributed by atoms with van der Waals surface area (Å²) in [5.74, 6) is -1.40. The van der Waals surface area contributed by atoms with E-state index in [1.165, 1.54) is 31.2 Å². The molecule has 0 atom stereocenters. The summed E-state index contributed by atoms with van der Waals surface area (Å²) < 4.78 is 24.5. The standard InChI is InChI=1S/C30H26N2O5S/c1-3-38(36,37)23-13-9-12-22(19-23)29(34)31-26-15-8-7-14-24(26)30(35)32-27-17-16-20(2)18-25(27)28(33)21-10-5-4-6-11-21/h4-19H,3H2,1-2H3,(H,31,34)(H,32,35). The summed E-state index contributed by atoms with van der Waals surface area (Å²) in [6, 6.07) is 26.2. The van der Waals surface area contributed by atoms with Crippen LogP contribution >= 0.6 is 0 Å². The van der Waals surface area contributed by atoms with Crippen LogP contribution in [0.2, 0.25) is 0 Å². The maximum absolute atomic E-state index is 13.3. The number of ketones is 1. The maximum Gasteiger partial charge on any atom is 0.257 e. The summed E-state index contributed by atoms with van der Waals surface area (Å²) in [4.78, 5) is 39.5. The molecule has 2 amide bonds. The van der Waals surface area contributed by atoms with E-state index in [0.29, 0.717) is 16.8 Å². The van der Waals surface area contributed by atoms with Gasteiger partial charge in [-0.25, -0.2) is 8.42 Å². The lowest BCUT2D eigenvalue weighted by Crippen LogP contribution is -2.19. The molecule has 0 bridgehead atoms. The number of nitrogens with one attached hydrogen (secondary N) is 2. The molecule has 0 radical (unpaired) electrons. The lowest BCUT2D eigenvalue weighted by molar-refractivity contribution is 0.102. The van der Waals surface area contributed by atoms with Crippen molar-refractivity contribution in [2.45, 2.75) is 18.7 Å². The Labute approximate surface area is 221 Å². The van der Waals surface area contributed by atoms with Crippen molar-refractivity contribution in [1.82, 2.24) is 0 Å². The van der Waals surface area contributed by atoms with E-state index in [1.807, 2.05) is 13.0 Å². The fourth-order valence-corrected chi connectivity index (χ4v) is 4.80. The van der Waals surface area contributed by atoms with Gasteiger partial charge in [-0.3, -0.25) is 14.4 Å². The molecule has 4 rings (SSSR count). The molecule has 8 heteroatoms. The number of hydrogen-bond acceptors (Lipinski definition) is 5. The Morgan fingerprint density at radius 3 is 2.03 bits per heavy atom. The van der Waals surface area contributed by atoms with E-state index in [-0.39, 0.29) is 33.2 Å². The molecule has 2 N–H and O–H groups in total. The monoisotopic (exact) mass is 526 g/mol. The number of carbonyl (C=O) groups excluding carboxylic acids is 3. The Hall–Kier alpha value is -4.56. The molecule has 0 fully saturated rings. The molecule has 192 valence electrons. The molecule has 4 aromatic rings. The lowest BCUT2D eigenvalue weighted by Gasteiger charge is -2.14. The van der Waals surface area contributed by atoms with Gasteiger partial charge in [0.15, 0.2) is 15.6 Å². The van der Waals surface area contributed by atoms with Gasteiger partial charge in [-0.2, -0.15) is 0 Å². The fraction of sp³-hybridized carbons (Fsp3) is 0.100. The van der Waals surface area contributed by atoms with Crippen LogP contribution in [0.3, 0.4) is 0 Å². The Kier molecular flexibility index (Phi) is 7.83. The largest absolute Gasteiger partial charge is 0.321 e. The molecule has 0 spiro atoms. The van der Waals surface area contributed by atoms with Crippen molar-refractivity contribution >= 4 is 38.8 Å². The Morgan fingerprint density at radius 1 is 0.658 bits per heavy atom. The molecule has 0 aliphatic rings. The summed E-state index contributed by atoms with van der Waals surface area (Å²) >= 11 is 0. The van der Waals surface area contributed by atoms with Crippen molar-refractivity contribution in [3.63, 3.8) is 0 Å². The third-order valence-electron chi connectivity index (χ3n) is 5.96. The van der Waals surface area contributed by atoms with E-state index < -0.39 is 21.7 Å². The predicted molar refractivity (Wildman–Crippen MR) is 148 cm³/mol. The zero-order valence-electron chi connectivity index (χ0n) is 20.9. The number of carbonyl (C=O) groups is 3. The number of benzene rings is 4. The highest BCUT2D eigenvalue weighted by molar-refractivity contribution is 7.91. The summed E-state index contributed by atoms with van der Waals surface area (Å²) in [6.45, 7) is 3.39. The second-order valence-corrected chi connectivity index (χ2v) is 10.9. The first-order chi connectivity index (χ1) is 18.2. The average molecular weight is 527 g/mol. The first-order valence-electron chi connectivity index (χ1n) is 11.9. The summed E-state index contributed by atoms with van der Waals surface area (Å²) in [7, 11) is -3.49. The SMILES string of the molecule is CCS(=O)(=O)c1cccc(C(=O)Nc2ccccc2C(=O)Nc2ccc(C)cc2C(=O)c2ccccc2)c1. The van der Waals surface area contributed by atoms with Crippen molar-refractivity contribution in [2.75, 3.05) is 16.4 Å². The molecule has 7 nitrogen and oxygen atoms in total. The number of amides is 2. The van der Waals surface area contributed by atoms with Crippen molar-refractivity contribution in [2.24, 2.45) is 0 Å². The lowest BCUT2D eigenvalue weighted by atomic mass is 9.99. The van der Waals surface area contributed by atoms with Crippen LogP contribution in [0, 0.1) is 6.92 Å². The molecule has 0 saturated heterocycles. The molecule has 0 aliphatic heterocycles. The number of aryl methyl sites for hydroxylation is 1. The van der Waals surface area contributed by atoms with Gasteiger partial charge in [0.05, 0.1) is 27.6 Å². The molecular weight excluding hydrogens is 500 g/mol. The van der Waals surface area contributed by atoms with E-state index >= 15 is 0 Å². The van der Waals surface area contributed by atoms with Crippen molar-refractivity contribution in [1.29, 1.82) is 0 Å². The Morgan fingerprint density at radius 2 is 1.29 bits per heavy atom. The van der Waals surface area contributed by atoms with Gasteiger partial charge in [0.25, 0.3) is 11.8 Å². The number of anilines is 2. The van der Waals surface area contributed by atoms with Gasteiger partial charge in [0, 0.05) is 16.7 Å². The van der Waals surface area contributed by atoms with Crippen LogP contribution in [0.25, 0.3) is 0 Å². The van der Waals surface area contributed by atoms with Crippen molar-refractivity contribution in [3.8, 4) is 0 Å². The molecule has 0 heterocycles. The Bertz CT molecular complexity index is 1630. The normalized spacial score (nSPS) is 11.0. The molecular formula is C30H26N2O5S. The Balaban J connectivity index is 1.60. The van der Waals surface area contributed by atoms with Gasteiger partial charge in [-0.15, -0.1) is 0 Å². The third kappa shape index (κ3) is 5.87. The first-order valence-corrected chi connectivity index (χ1v) is 13.6. The van der Waals surface area contributed by atoms with Crippen molar-refractivity contribution < 1.29 is 22.8 Å². The molecule has 0 aromatic heterocycles. The first kappa shape index (κ1) is 26.5. The van der Waals surface area contributed by atoms with Gasteiger partial charge in [0.1, 0.15) is 0 Å². The zero-order valence-corrected chi connectivity index (χ0v) is 21.7. The van der Waals surface area contributed by atoms with Gasteiger partial charge in [-0.05, 0) is 49.4 Å². The minimum Gasteiger partial charge on any atom is -0.321 e. The highest BCUT2D eigenvalue weighted by Gasteiger charge is 2.20. The van der Waals surface area contributed by atoms with Crippen LogP contribution in [-0.2, 0) is 9.84 Å². The van der Waals surface area contributed by atoms with Crippen LogP contribution < -0.4 is 10.6 Å². The van der Waals surface area contributed by atoms with Crippen LogP contribution in [0.5, 0.6) is 0 Å². The molecule has 4 aromatic carbocycles. The second-order valence-electron chi connectivity index (χ2n) is 8.63. The quantitative estimate of drug-likeness (QED) is 0.294. The van der Waals surface area contributed by atoms with Gasteiger partial charge >= 0.3 is 0 Å². The minimum absolute atomic E-state index is 0.0497. The topological polar surface area (TPSA) is 109 Å². The number of rotatable bonds is 8. The molecule has 0 unspecified atom stereocenters. The van der Waals surface area contributed by atoms with Crippen LogP contribution in [0.15, 0.2) is 102 Å². The maximum atomic E-state index is 13.3. The van der Waals surface area contributed by atoms with Gasteiger partial charge in [-0.1, -0.05) is 67.1 Å². The van der Waals surface area contributed by atoms with E-state index in [9.17, 15) is 22.8 Å². The molecule has 0 aliphatic carbocycles. The average Bonchev–Trinajstić information content (AvgIpc) is 2.94. The number of hydrogen-bond donors (Lipinski definition) is 2. The van der Waals surface area contributed by atoms with Crippen LogP contribution in [0.1, 0.15) is 49.1 Å². The zero-order chi connectivity index (χ0) is 27.3. The van der Waals surface area contributed by atoms with E-state index in [1.54, 1.807) is 66.7 Å². The molecule has 38 heavy (non-hydrogen) atoms. The predicted octanol–water partition coefficient (Wildman–Crippen LogP) is 5.52. The number of sulfone groups is 1. The van der Waals surface area contributed by atoms with Gasteiger partial charge < -0.3 is 10.6 Å². The second kappa shape index (κ2) is 11.2. The smallest absolute Gasteiger partial charge is 0.257 e. The van der Waals surface area contributed by atoms with Crippen LogP contribution in [0.4, 0.5) is 11.4 Å². The number of para-hydroxylation sites is 1. The van der Waals surface area contributed by atoms with Crippen molar-refractivity contribution in [3.05, 3.63) is 125 Å². The highest BCUT2D eigenvalue weighted by Crippen LogP contribution is 2.24. The third-order valence-corrected chi connectivity index (χ3v) is 7.69. The summed E-state index contributed by atoms with van der Waals surface area (Å²) in [5, 5.41) is 5.51. The van der Waals surface area contributed by atoms with Gasteiger partial charge in [0.2, 0.25) is 0 Å². The minimum atomic E-state index is -3.49. The van der Waals surface area contributed by atoms with E-state index in [0.717, 1.165) is 5.56 Å². The highest BCUT2D eigenvalue weighted by atomic mass is 32.2. The van der Waals surface area contributed by atoms with E-state index in [2.05, 4.69) is 10.6 Å². The van der Waals surface area contributed by atoms with Crippen LogP contribution in [-0.4, -0.2) is 31.8 Å².